The van der Waals surface area contributed by atoms with Crippen molar-refractivity contribution in [3.05, 3.63) is 70.7 Å². The fraction of sp³-hybridized carbons (Fsp3) is 0.222. The van der Waals surface area contributed by atoms with E-state index in [2.05, 4.69) is 0 Å². The summed E-state index contributed by atoms with van der Waals surface area (Å²) in [5, 5.41) is 0.580. The van der Waals surface area contributed by atoms with E-state index < -0.39 is 5.92 Å². The van der Waals surface area contributed by atoms with Gasteiger partial charge in [-0.05, 0) is 29.8 Å². The van der Waals surface area contributed by atoms with Crippen LogP contribution in [0.2, 0.25) is 5.02 Å². The van der Waals surface area contributed by atoms with Gasteiger partial charge in [0.15, 0.2) is 5.78 Å². The van der Waals surface area contributed by atoms with Gasteiger partial charge < -0.3 is 4.74 Å². The number of hydrogen-bond donors (Lipinski definition) is 0. The number of hydrogen-bond acceptors (Lipinski definition) is 3. The van der Waals surface area contributed by atoms with Gasteiger partial charge in [0.05, 0.1) is 13.0 Å². The summed E-state index contributed by atoms with van der Waals surface area (Å²) in [5.41, 5.74) is 1.56. The van der Waals surface area contributed by atoms with Crippen molar-refractivity contribution in [3.8, 4) is 0 Å². The Kier molecular flexibility index (Phi) is 3.99. The van der Waals surface area contributed by atoms with Crippen LogP contribution in [0.15, 0.2) is 54.6 Å². The lowest BCUT2D eigenvalue weighted by Gasteiger charge is -2.01. The van der Waals surface area contributed by atoms with Gasteiger partial charge in [-0.15, -0.1) is 0 Å². The maximum Gasteiger partial charge on any atom is 0.310 e. The van der Waals surface area contributed by atoms with E-state index in [0.29, 0.717) is 10.6 Å². The lowest BCUT2D eigenvalue weighted by Crippen LogP contribution is -2.10. The summed E-state index contributed by atoms with van der Waals surface area (Å²) in [6.45, 7) is 0. The zero-order chi connectivity index (χ0) is 15.7. The molecule has 0 radical (unpaired) electrons. The minimum Gasteiger partial charge on any atom is -0.469 e. The third kappa shape index (κ3) is 2.64. The fourth-order valence-electron chi connectivity index (χ4n) is 2.96. The zero-order valence-corrected chi connectivity index (χ0v) is 12.8. The molecule has 0 N–H and O–H groups in total. The number of Topliss-reactive ketones (excluding diaryl/α,β-unsaturated/α-hetero) is 1. The third-order valence-electron chi connectivity index (χ3n) is 4.11. The molecule has 0 bridgehead atoms. The average Bonchev–Trinajstić information content (AvgIpc) is 3.30. The first kappa shape index (κ1) is 14.8. The standard InChI is InChI=1S/C18H15ClO3/c1-22-18(21)16-14(11-5-3-2-4-6-11)15(16)17(20)12-7-9-13(19)10-8-12/h2-10,14-16H,1H3/t14-,15-,16+/m1/s1. The van der Waals surface area contributed by atoms with Crippen LogP contribution in [0, 0.1) is 11.8 Å². The Morgan fingerprint density at radius 1 is 0.955 bits per heavy atom. The predicted molar refractivity (Wildman–Crippen MR) is 84.0 cm³/mol. The molecule has 0 amide bonds. The molecule has 2 aromatic carbocycles. The highest BCUT2D eigenvalue weighted by Crippen LogP contribution is 2.55. The summed E-state index contributed by atoms with van der Waals surface area (Å²) in [5.74, 6) is -1.26. The molecule has 0 spiro atoms. The maximum absolute atomic E-state index is 12.7. The highest BCUT2D eigenvalue weighted by molar-refractivity contribution is 6.30. The van der Waals surface area contributed by atoms with E-state index in [4.69, 9.17) is 16.3 Å². The first-order valence-electron chi connectivity index (χ1n) is 7.06. The van der Waals surface area contributed by atoms with Gasteiger partial charge in [-0.2, -0.15) is 0 Å². The first-order chi connectivity index (χ1) is 10.6. The topological polar surface area (TPSA) is 43.4 Å². The number of esters is 1. The molecule has 0 aromatic heterocycles. The van der Waals surface area contributed by atoms with Gasteiger partial charge in [-0.25, -0.2) is 0 Å². The van der Waals surface area contributed by atoms with E-state index in [-0.39, 0.29) is 23.6 Å². The van der Waals surface area contributed by atoms with E-state index in [1.54, 1.807) is 24.3 Å². The number of carbonyl (C=O) groups is 2. The van der Waals surface area contributed by atoms with Crippen LogP contribution in [0.1, 0.15) is 21.8 Å². The van der Waals surface area contributed by atoms with Gasteiger partial charge in [0.25, 0.3) is 0 Å². The third-order valence-corrected chi connectivity index (χ3v) is 4.36. The molecular formula is C18H15ClO3. The molecule has 0 heterocycles. The monoisotopic (exact) mass is 314 g/mol. The molecule has 3 atom stereocenters. The molecule has 0 unspecified atom stereocenters. The molecule has 1 aliphatic carbocycles. The van der Waals surface area contributed by atoms with Crippen LogP contribution in [0.25, 0.3) is 0 Å². The highest BCUT2D eigenvalue weighted by Gasteiger charge is 2.60. The SMILES string of the molecule is COC(=O)[C@@H]1[C@H](C(=O)c2ccc(Cl)cc2)[C@H]1c1ccccc1. The summed E-state index contributed by atoms with van der Waals surface area (Å²) in [4.78, 5) is 24.6. The van der Waals surface area contributed by atoms with Crippen molar-refractivity contribution in [1.29, 1.82) is 0 Å². The largest absolute Gasteiger partial charge is 0.469 e. The number of benzene rings is 2. The molecule has 4 heteroatoms. The maximum atomic E-state index is 12.7. The summed E-state index contributed by atoms with van der Waals surface area (Å²) in [7, 11) is 1.35. The van der Waals surface area contributed by atoms with Crippen molar-refractivity contribution in [2.75, 3.05) is 7.11 Å². The molecule has 1 fully saturated rings. The molecule has 1 saturated carbocycles. The minimum absolute atomic E-state index is 0.0408. The van der Waals surface area contributed by atoms with E-state index in [1.165, 1.54) is 7.11 Å². The Morgan fingerprint density at radius 2 is 1.59 bits per heavy atom. The summed E-state index contributed by atoms with van der Waals surface area (Å²) in [6, 6.07) is 16.4. The summed E-state index contributed by atoms with van der Waals surface area (Å²) in [6.07, 6.45) is 0. The van der Waals surface area contributed by atoms with Crippen LogP contribution in [0.5, 0.6) is 0 Å². The number of carbonyl (C=O) groups excluding carboxylic acids is 2. The second-order valence-electron chi connectivity index (χ2n) is 5.38. The Bertz CT molecular complexity index is 694. The van der Waals surface area contributed by atoms with E-state index in [1.807, 2.05) is 30.3 Å². The molecule has 0 saturated heterocycles. The summed E-state index contributed by atoms with van der Waals surface area (Å²) < 4.78 is 4.85. The van der Waals surface area contributed by atoms with Gasteiger partial charge in [-0.1, -0.05) is 41.9 Å². The Morgan fingerprint density at radius 3 is 2.18 bits per heavy atom. The predicted octanol–water partition coefficient (Wildman–Crippen LogP) is 3.73. The molecular weight excluding hydrogens is 300 g/mol. The Balaban J connectivity index is 1.89. The highest BCUT2D eigenvalue weighted by atomic mass is 35.5. The quantitative estimate of drug-likeness (QED) is 0.638. The van der Waals surface area contributed by atoms with Gasteiger partial charge in [0, 0.05) is 22.4 Å². The van der Waals surface area contributed by atoms with E-state index >= 15 is 0 Å². The number of methoxy groups -OCH3 is 1. The smallest absolute Gasteiger partial charge is 0.310 e. The van der Waals surface area contributed by atoms with Crippen molar-refractivity contribution in [2.45, 2.75) is 5.92 Å². The molecule has 3 rings (SSSR count). The fourth-order valence-corrected chi connectivity index (χ4v) is 3.09. The molecule has 112 valence electrons. The second kappa shape index (κ2) is 5.93. The van der Waals surface area contributed by atoms with Crippen LogP contribution < -0.4 is 0 Å². The van der Waals surface area contributed by atoms with Crippen molar-refractivity contribution in [1.82, 2.24) is 0 Å². The minimum atomic E-state index is -0.407. The lowest BCUT2D eigenvalue weighted by atomic mass is 10.0. The van der Waals surface area contributed by atoms with Gasteiger partial charge in [-0.3, -0.25) is 9.59 Å². The van der Waals surface area contributed by atoms with Crippen molar-refractivity contribution in [2.24, 2.45) is 11.8 Å². The number of ether oxygens (including phenoxy) is 1. The zero-order valence-electron chi connectivity index (χ0n) is 12.0. The average molecular weight is 315 g/mol. The van der Waals surface area contributed by atoms with Crippen molar-refractivity contribution < 1.29 is 14.3 Å². The van der Waals surface area contributed by atoms with Crippen LogP contribution in [0.3, 0.4) is 0 Å². The van der Waals surface area contributed by atoms with Crippen LogP contribution >= 0.6 is 11.6 Å². The Labute approximate surface area is 133 Å². The molecule has 2 aromatic rings. The van der Waals surface area contributed by atoms with Crippen LogP contribution in [-0.4, -0.2) is 18.9 Å². The van der Waals surface area contributed by atoms with Crippen LogP contribution in [-0.2, 0) is 9.53 Å². The van der Waals surface area contributed by atoms with E-state index in [9.17, 15) is 9.59 Å². The van der Waals surface area contributed by atoms with Gasteiger partial charge in [0.1, 0.15) is 0 Å². The van der Waals surface area contributed by atoms with Gasteiger partial charge >= 0.3 is 5.97 Å². The molecule has 0 aliphatic heterocycles. The normalized spacial score (nSPS) is 22.9. The van der Waals surface area contributed by atoms with Crippen LogP contribution in [0.4, 0.5) is 0 Å². The molecule has 3 nitrogen and oxygen atoms in total. The number of halogens is 1. The molecule has 1 aliphatic rings. The lowest BCUT2D eigenvalue weighted by molar-refractivity contribution is -0.142. The number of rotatable bonds is 4. The Hall–Kier alpha value is -2.13. The molecule has 22 heavy (non-hydrogen) atoms. The van der Waals surface area contributed by atoms with Gasteiger partial charge in [0.2, 0.25) is 0 Å². The van der Waals surface area contributed by atoms with E-state index in [0.717, 1.165) is 5.56 Å². The van der Waals surface area contributed by atoms with Crippen molar-refractivity contribution >= 4 is 23.4 Å². The number of ketones is 1. The van der Waals surface area contributed by atoms with Crippen molar-refractivity contribution in [3.63, 3.8) is 0 Å². The second-order valence-corrected chi connectivity index (χ2v) is 5.82. The summed E-state index contributed by atoms with van der Waals surface area (Å²) >= 11 is 5.85. The first-order valence-corrected chi connectivity index (χ1v) is 7.44.